The van der Waals surface area contributed by atoms with Crippen LogP contribution in [0.3, 0.4) is 0 Å². The molecule has 0 aromatic heterocycles. The van der Waals surface area contributed by atoms with Crippen LogP contribution in [0.2, 0.25) is 0 Å². The van der Waals surface area contributed by atoms with Gasteiger partial charge in [-0.3, -0.25) is 0 Å². The number of esters is 1. The Morgan fingerprint density at radius 1 is 0.553 bits per heavy atom. The van der Waals surface area contributed by atoms with E-state index in [4.69, 9.17) is 28.8 Å². The monoisotopic (exact) mass is 538 g/mol. The summed E-state index contributed by atoms with van der Waals surface area (Å²) in [6.07, 6.45) is 16.1. The molecule has 1 N–H and O–H groups in total. The number of carboxylic acid groups (broad SMARTS) is 1. The molecule has 0 saturated carbocycles. The maximum absolute atomic E-state index is 12.0. The zero-order valence-electron chi connectivity index (χ0n) is 23.5. The van der Waals surface area contributed by atoms with Crippen molar-refractivity contribution in [2.75, 3.05) is 59.5 Å². The smallest absolute Gasteiger partial charge is 0.339 e. The van der Waals surface area contributed by atoms with Crippen molar-refractivity contribution < 1.29 is 38.4 Å². The van der Waals surface area contributed by atoms with E-state index in [9.17, 15) is 9.59 Å². The van der Waals surface area contributed by atoms with Crippen LogP contribution in [0.1, 0.15) is 105 Å². The highest BCUT2D eigenvalue weighted by Crippen LogP contribution is 2.12. The molecule has 0 bridgehead atoms. The minimum Gasteiger partial charge on any atom is -0.478 e. The molecular formula is C30H50O8. The van der Waals surface area contributed by atoms with E-state index in [1.807, 2.05) is 0 Å². The fourth-order valence-corrected chi connectivity index (χ4v) is 3.93. The molecule has 1 aromatic rings. The van der Waals surface area contributed by atoms with Gasteiger partial charge in [0.05, 0.1) is 57.4 Å². The molecular weight excluding hydrogens is 488 g/mol. The quantitative estimate of drug-likeness (QED) is 0.103. The second-order valence-electron chi connectivity index (χ2n) is 9.33. The molecule has 0 spiro atoms. The lowest BCUT2D eigenvalue weighted by molar-refractivity contribution is -0.00917. The van der Waals surface area contributed by atoms with Crippen molar-refractivity contribution in [2.45, 2.75) is 84.0 Å². The van der Waals surface area contributed by atoms with Crippen LogP contribution in [0.5, 0.6) is 0 Å². The van der Waals surface area contributed by atoms with Gasteiger partial charge in [-0.15, -0.1) is 0 Å². The first kappa shape index (κ1) is 34.0. The molecule has 0 saturated heterocycles. The van der Waals surface area contributed by atoms with Gasteiger partial charge in [-0.25, -0.2) is 9.59 Å². The first-order valence-electron chi connectivity index (χ1n) is 14.5. The molecule has 8 heteroatoms. The lowest BCUT2D eigenvalue weighted by Gasteiger charge is -2.09. The molecule has 0 radical (unpaired) electrons. The maximum Gasteiger partial charge on any atom is 0.339 e. The van der Waals surface area contributed by atoms with Crippen molar-refractivity contribution in [3.8, 4) is 0 Å². The van der Waals surface area contributed by atoms with Crippen molar-refractivity contribution in [3.63, 3.8) is 0 Å². The number of carbonyl (C=O) groups is 2. The minimum absolute atomic E-state index is 0.0260. The van der Waals surface area contributed by atoms with Gasteiger partial charge < -0.3 is 28.8 Å². The molecule has 1 rings (SSSR count). The number of carbonyl (C=O) groups excluding carboxylic acids is 1. The van der Waals surface area contributed by atoms with Gasteiger partial charge in [-0.1, -0.05) is 89.7 Å². The summed E-state index contributed by atoms with van der Waals surface area (Å²) >= 11 is 0. The summed E-state index contributed by atoms with van der Waals surface area (Å²) < 4.78 is 27.0. The number of carboxylic acids is 1. The van der Waals surface area contributed by atoms with E-state index in [0.717, 1.165) is 13.0 Å². The highest BCUT2D eigenvalue weighted by molar-refractivity contribution is 6.02. The van der Waals surface area contributed by atoms with Crippen molar-refractivity contribution in [2.24, 2.45) is 0 Å². The van der Waals surface area contributed by atoms with Crippen LogP contribution in [0, 0.1) is 0 Å². The minimum atomic E-state index is -1.17. The van der Waals surface area contributed by atoms with Gasteiger partial charge in [-0.05, 0) is 18.6 Å². The summed E-state index contributed by atoms with van der Waals surface area (Å²) in [6, 6.07) is 5.94. The Bertz CT molecular complexity index is 709. The van der Waals surface area contributed by atoms with Gasteiger partial charge in [-0.2, -0.15) is 0 Å². The molecule has 8 nitrogen and oxygen atoms in total. The Morgan fingerprint density at radius 3 is 1.42 bits per heavy atom. The Morgan fingerprint density at radius 2 is 0.947 bits per heavy atom. The average Bonchev–Trinajstić information content (AvgIpc) is 2.92. The van der Waals surface area contributed by atoms with Crippen molar-refractivity contribution in [1.29, 1.82) is 0 Å². The van der Waals surface area contributed by atoms with Crippen LogP contribution in [0.25, 0.3) is 0 Å². The largest absolute Gasteiger partial charge is 0.478 e. The molecule has 0 aliphatic carbocycles. The van der Waals surface area contributed by atoms with E-state index in [1.165, 1.54) is 82.8 Å². The molecule has 0 fully saturated rings. The third kappa shape index (κ3) is 19.1. The molecule has 218 valence electrons. The molecule has 0 atom stereocenters. The van der Waals surface area contributed by atoms with Crippen molar-refractivity contribution >= 4 is 11.9 Å². The predicted molar refractivity (Wildman–Crippen MR) is 148 cm³/mol. The second-order valence-corrected chi connectivity index (χ2v) is 9.33. The highest BCUT2D eigenvalue weighted by atomic mass is 16.6. The van der Waals surface area contributed by atoms with Crippen LogP contribution in [-0.2, 0) is 23.7 Å². The molecule has 0 aliphatic rings. The SMILES string of the molecule is CCCCCCCCCCCCCCOCCOCCOCCOCCOC(=O)c1ccccc1C(=O)O. The summed E-state index contributed by atoms with van der Waals surface area (Å²) in [4.78, 5) is 23.2. The van der Waals surface area contributed by atoms with E-state index in [1.54, 1.807) is 12.1 Å². The van der Waals surface area contributed by atoms with E-state index in [2.05, 4.69) is 6.92 Å². The maximum atomic E-state index is 12.0. The van der Waals surface area contributed by atoms with Crippen LogP contribution < -0.4 is 0 Å². The number of hydrogen-bond donors (Lipinski definition) is 1. The lowest BCUT2D eigenvalue weighted by atomic mass is 10.1. The molecule has 0 aliphatic heterocycles. The molecule has 1 aromatic carbocycles. The molecule has 0 heterocycles. The number of rotatable bonds is 27. The molecule has 0 amide bonds. The Balaban J connectivity index is 1.76. The van der Waals surface area contributed by atoms with Gasteiger partial charge in [0.2, 0.25) is 0 Å². The number of benzene rings is 1. The fraction of sp³-hybridized carbons (Fsp3) is 0.733. The predicted octanol–water partition coefficient (Wildman–Crippen LogP) is 6.31. The Hall–Kier alpha value is -2.00. The topological polar surface area (TPSA) is 101 Å². The van der Waals surface area contributed by atoms with E-state index < -0.39 is 11.9 Å². The first-order chi connectivity index (χ1) is 18.7. The Kier molecular flexibility index (Phi) is 22.6. The third-order valence-electron chi connectivity index (χ3n) is 6.10. The van der Waals surface area contributed by atoms with Gasteiger partial charge in [0.25, 0.3) is 0 Å². The summed E-state index contributed by atoms with van der Waals surface area (Å²) in [5, 5.41) is 9.12. The van der Waals surface area contributed by atoms with E-state index in [0.29, 0.717) is 39.6 Å². The number of unbranched alkanes of at least 4 members (excludes halogenated alkanes) is 11. The number of hydrogen-bond acceptors (Lipinski definition) is 7. The highest BCUT2D eigenvalue weighted by Gasteiger charge is 2.16. The van der Waals surface area contributed by atoms with Gasteiger partial charge in [0.15, 0.2) is 0 Å². The lowest BCUT2D eigenvalue weighted by Crippen LogP contribution is -2.16. The Labute approximate surface area is 229 Å². The normalized spacial score (nSPS) is 11.1. The van der Waals surface area contributed by atoms with Crippen LogP contribution in [0.4, 0.5) is 0 Å². The fourth-order valence-electron chi connectivity index (χ4n) is 3.93. The van der Waals surface area contributed by atoms with E-state index in [-0.39, 0.29) is 24.3 Å². The average molecular weight is 539 g/mol. The summed E-state index contributed by atoms with van der Waals surface area (Å²) in [5.41, 5.74) is -0.0572. The standard InChI is InChI=1S/C30H50O8/c1-2-3-4-5-6-7-8-9-10-11-12-15-18-34-19-20-35-21-22-36-23-24-37-25-26-38-30(33)28-17-14-13-16-27(28)29(31)32/h13-14,16-17H,2-12,15,18-26H2,1H3,(H,31,32). The number of ether oxygens (including phenoxy) is 5. The van der Waals surface area contributed by atoms with Crippen molar-refractivity contribution in [3.05, 3.63) is 35.4 Å². The van der Waals surface area contributed by atoms with Crippen LogP contribution in [-0.4, -0.2) is 76.5 Å². The number of aromatic carboxylic acids is 1. The van der Waals surface area contributed by atoms with E-state index >= 15 is 0 Å². The van der Waals surface area contributed by atoms with Crippen molar-refractivity contribution in [1.82, 2.24) is 0 Å². The summed E-state index contributed by atoms with van der Waals surface area (Å²) in [7, 11) is 0. The zero-order valence-corrected chi connectivity index (χ0v) is 23.5. The zero-order chi connectivity index (χ0) is 27.5. The molecule has 38 heavy (non-hydrogen) atoms. The van der Waals surface area contributed by atoms with Gasteiger partial charge in [0, 0.05) is 6.61 Å². The summed E-state index contributed by atoms with van der Waals surface area (Å²) in [5.74, 6) is -1.85. The van der Waals surface area contributed by atoms with Crippen LogP contribution >= 0.6 is 0 Å². The van der Waals surface area contributed by atoms with Gasteiger partial charge >= 0.3 is 11.9 Å². The second kappa shape index (κ2) is 25.3. The third-order valence-corrected chi connectivity index (χ3v) is 6.10. The first-order valence-corrected chi connectivity index (χ1v) is 14.5. The molecule has 0 unspecified atom stereocenters. The van der Waals surface area contributed by atoms with Gasteiger partial charge in [0.1, 0.15) is 6.61 Å². The van der Waals surface area contributed by atoms with Crippen LogP contribution in [0.15, 0.2) is 24.3 Å². The summed E-state index contributed by atoms with van der Waals surface area (Å²) in [6.45, 7) is 6.24.